The molecule has 0 fully saturated rings. The lowest BCUT2D eigenvalue weighted by molar-refractivity contribution is 0.0734. The molecule has 3 rings (SSSR count). The van der Waals surface area contributed by atoms with Crippen LogP contribution in [0.1, 0.15) is 15.9 Å². The van der Waals surface area contributed by atoms with Crippen molar-refractivity contribution in [2.75, 3.05) is 7.11 Å². The minimum Gasteiger partial charge on any atom is -0.497 e. The van der Waals surface area contributed by atoms with Crippen LogP contribution >= 0.6 is 15.9 Å². The molecule has 0 atom stereocenters. The molecule has 3 aromatic carbocycles. The number of benzene rings is 3. The number of rotatable bonds is 5. The second-order valence-electron chi connectivity index (χ2n) is 5.42. The van der Waals surface area contributed by atoms with Crippen LogP contribution in [0.25, 0.3) is 0 Å². The number of carbonyl (C=O) groups is 1. The molecule has 0 spiro atoms. The number of hydrogen-bond donors (Lipinski definition) is 0. The van der Waals surface area contributed by atoms with Crippen LogP contribution in [-0.4, -0.2) is 19.3 Å². The third-order valence-corrected chi connectivity index (χ3v) is 4.13. The van der Waals surface area contributed by atoms with Crippen molar-refractivity contribution in [3.8, 4) is 11.5 Å². The third-order valence-electron chi connectivity index (χ3n) is 3.61. The molecule has 0 heterocycles. The van der Waals surface area contributed by atoms with Crippen LogP contribution in [-0.2, 0) is 0 Å². The number of aliphatic imine (C=N–C) groups is 1. The van der Waals surface area contributed by atoms with Crippen LogP contribution in [0.3, 0.4) is 0 Å². The number of halogens is 1. The lowest BCUT2D eigenvalue weighted by atomic mass is 10.2. The number of carbonyl (C=O) groups excluding carboxylic acids is 1. The second kappa shape index (κ2) is 8.45. The summed E-state index contributed by atoms with van der Waals surface area (Å²) in [5.74, 6) is 0.756. The third kappa shape index (κ3) is 4.80. The van der Waals surface area contributed by atoms with Gasteiger partial charge in [-0.05, 0) is 78.4 Å². The van der Waals surface area contributed by atoms with Crippen LogP contribution in [0.5, 0.6) is 11.5 Å². The molecular weight excluding hydrogens is 394 g/mol. The van der Waals surface area contributed by atoms with E-state index in [9.17, 15) is 4.79 Å². The second-order valence-corrected chi connectivity index (χ2v) is 6.34. The van der Waals surface area contributed by atoms with Gasteiger partial charge in [-0.3, -0.25) is 4.99 Å². The molecule has 0 N–H and O–H groups in total. The summed E-state index contributed by atoms with van der Waals surface area (Å²) in [6.07, 6.45) is 1.76. The predicted octanol–water partition coefficient (Wildman–Crippen LogP) is 5.43. The van der Waals surface area contributed by atoms with E-state index in [4.69, 9.17) is 9.47 Å². The molecule has 0 aliphatic rings. The van der Waals surface area contributed by atoms with E-state index in [1.54, 1.807) is 49.7 Å². The summed E-state index contributed by atoms with van der Waals surface area (Å²) in [5, 5.41) is 0. The number of esters is 1. The van der Waals surface area contributed by atoms with Crippen molar-refractivity contribution >= 4 is 33.8 Å². The maximum absolute atomic E-state index is 12.1. The van der Waals surface area contributed by atoms with Gasteiger partial charge < -0.3 is 9.47 Å². The predicted molar refractivity (Wildman–Crippen MR) is 106 cm³/mol. The van der Waals surface area contributed by atoms with Gasteiger partial charge in [0.05, 0.1) is 18.4 Å². The molecule has 0 aromatic heterocycles. The van der Waals surface area contributed by atoms with Gasteiger partial charge in [0, 0.05) is 10.7 Å². The zero-order valence-electron chi connectivity index (χ0n) is 14.1. The summed E-state index contributed by atoms with van der Waals surface area (Å²) in [5.41, 5.74) is 2.24. The summed E-state index contributed by atoms with van der Waals surface area (Å²) in [4.78, 5) is 16.6. The Kier molecular flexibility index (Phi) is 5.81. The van der Waals surface area contributed by atoms with Gasteiger partial charge in [-0.15, -0.1) is 0 Å². The van der Waals surface area contributed by atoms with Gasteiger partial charge in [0.1, 0.15) is 11.5 Å². The zero-order valence-corrected chi connectivity index (χ0v) is 15.6. The first-order valence-corrected chi connectivity index (χ1v) is 8.69. The molecule has 0 aliphatic carbocycles. The molecule has 3 aromatic rings. The van der Waals surface area contributed by atoms with Crippen molar-refractivity contribution < 1.29 is 14.3 Å². The quantitative estimate of drug-likeness (QED) is 0.320. The number of nitrogens with zero attached hydrogens (tertiary/aromatic N) is 1. The van der Waals surface area contributed by atoms with Crippen molar-refractivity contribution in [3.63, 3.8) is 0 Å². The summed E-state index contributed by atoms with van der Waals surface area (Å²) in [6, 6.07) is 21.7. The highest BCUT2D eigenvalue weighted by molar-refractivity contribution is 9.10. The van der Waals surface area contributed by atoms with Gasteiger partial charge in [-0.25, -0.2) is 4.79 Å². The largest absolute Gasteiger partial charge is 0.497 e. The fourth-order valence-corrected chi connectivity index (χ4v) is 2.46. The Morgan fingerprint density at radius 1 is 0.885 bits per heavy atom. The average Bonchev–Trinajstić information content (AvgIpc) is 2.68. The van der Waals surface area contributed by atoms with Gasteiger partial charge in [-0.2, -0.15) is 0 Å². The van der Waals surface area contributed by atoms with E-state index in [1.807, 2.05) is 36.4 Å². The van der Waals surface area contributed by atoms with E-state index in [0.29, 0.717) is 17.1 Å². The van der Waals surface area contributed by atoms with Crippen LogP contribution in [0, 0.1) is 0 Å². The Morgan fingerprint density at radius 3 is 2.12 bits per heavy atom. The maximum atomic E-state index is 12.1. The van der Waals surface area contributed by atoms with Crippen LogP contribution < -0.4 is 9.47 Å². The van der Waals surface area contributed by atoms with Gasteiger partial charge in [0.25, 0.3) is 0 Å². The van der Waals surface area contributed by atoms with Crippen molar-refractivity contribution in [3.05, 3.63) is 88.4 Å². The fraction of sp³-hybridized carbons (Fsp3) is 0.0476. The number of ether oxygens (including phenoxy) is 2. The zero-order chi connectivity index (χ0) is 18.4. The first-order chi connectivity index (χ1) is 12.6. The topological polar surface area (TPSA) is 47.9 Å². The van der Waals surface area contributed by atoms with Crippen molar-refractivity contribution in [1.29, 1.82) is 0 Å². The van der Waals surface area contributed by atoms with Gasteiger partial charge in [0.15, 0.2) is 0 Å². The fourth-order valence-electron chi connectivity index (χ4n) is 2.19. The molecule has 0 amide bonds. The Bertz CT molecular complexity index is 901. The number of methoxy groups -OCH3 is 1. The Labute approximate surface area is 160 Å². The summed E-state index contributed by atoms with van der Waals surface area (Å²) in [6.45, 7) is 0. The smallest absolute Gasteiger partial charge is 0.343 e. The highest BCUT2D eigenvalue weighted by Crippen LogP contribution is 2.18. The van der Waals surface area contributed by atoms with Crippen molar-refractivity contribution in [2.24, 2.45) is 4.99 Å². The Balaban J connectivity index is 1.63. The molecule has 130 valence electrons. The minimum absolute atomic E-state index is 0.413. The first kappa shape index (κ1) is 17.9. The van der Waals surface area contributed by atoms with Crippen LogP contribution in [0.2, 0.25) is 0 Å². The molecule has 0 unspecified atom stereocenters. The Morgan fingerprint density at radius 2 is 1.50 bits per heavy atom. The monoisotopic (exact) mass is 409 g/mol. The van der Waals surface area contributed by atoms with Crippen molar-refractivity contribution in [2.45, 2.75) is 0 Å². The lowest BCUT2D eigenvalue weighted by Crippen LogP contribution is -2.08. The van der Waals surface area contributed by atoms with Gasteiger partial charge in [0.2, 0.25) is 0 Å². The van der Waals surface area contributed by atoms with Gasteiger partial charge in [-0.1, -0.05) is 15.9 Å². The molecule has 0 saturated heterocycles. The highest BCUT2D eigenvalue weighted by Gasteiger charge is 2.08. The summed E-state index contributed by atoms with van der Waals surface area (Å²) >= 11 is 3.39. The lowest BCUT2D eigenvalue weighted by Gasteiger charge is -2.05. The normalized spacial score (nSPS) is 10.7. The maximum Gasteiger partial charge on any atom is 0.343 e. The van der Waals surface area contributed by atoms with Crippen LogP contribution in [0.15, 0.2) is 82.3 Å². The molecule has 5 heteroatoms. The standard InChI is InChI=1S/C21H16BrNO3/c1-25-19-12-4-16(5-13-19)21(24)26-20-10-2-15(3-11-20)14-23-18-8-6-17(22)7-9-18/h2-14H,1H3. The molecule has 0 bridgehead atoms. The van der Waals surface area contributed by atoms with E-state index in [-0.39, 0.29) is 0 Å². The van der Waals surface area contributed by atoms with E-state index in [2.05, 4.69) is 20.9 Å². The average molecular weight is 410 g/mol. The van der Waals surface area contributed by atoms with E-state index in [1.165, 1.54) is 0 Å². The first-order valence-electron chi connectivity index (χ1n) is 7.90. The Hall–Kier alpha value is -2.92. The molecular formula is C21H16BrNO3. The van der Waals surface area contributed by atoms with E-state index < -0.39 is 5.97 Å². The van der Waals surface area contributed by atoms with E-state index in [0.717, 1.165) is 15.7 Å². The molecule has 0 aliphatic heterocycles. The number of hydrogen-bond acceptors (Lipinski definition) is 4. The van der Waals surface area contributed by atoms with Crippen molar-refractivity contribution in [1.82, 2.24) is 0 Å². The molecule has 4 nitrogen and oxygen atoms in total. The minimum atomic E-state index is -0.413. The van der Waals surface area contributed by atoms with Crippen LogP contribution in [0.4, 0.5) is 5.69 Å². The van der Waals surface area contributed by atoms with E-state index >= 15 is 0 Å². The molecule has 26 heavy (non-hydrogen) atoms. The van der Waals surface area contributed by atoms with Gasteiger partial charge >= 0.3 is 5.97 Å². The SMILES string of the molecule is COc1ccc(C(=O)Oc2ccc(C=Nc3ccc(Br)cc3)cc2)cc1. The highest BCUT2D eigenvalue weighted by atomic mass is 79.9. The molecule has 0 saturated carbocycles. The summed E-state index contributed by atoms with van der Waals surface area (Å²) in [7, 11) is 1.58. The molecule has 0 radical (unpaired) electrons. The summed E-state index contributed by atoms with van der Waals surface area (Å²) < 4.78 is 11.5.